The minimum Gasteiger partial charge on any atom is -0.465 e. The van der Waals surface area contributed by atoms with Crippen molar-refractivity contribution in [1.29, 1.82) is 0 Å². The molecule has 2 aromatic rings. The normalized spacial score (nSPS) is 13.2. The maximum Gasteiger partial charge on any atom is 0.339 e. The highest BCUT2D eigenvalue weighted by atomic mass is 16.5. The average Bonchev–Trinajstić information content (AvgIpc) is 3.05. The predicted octanol–water partition coefficient (Wildman–Crippen LogP) is 3.37. The molecule has 0 unspecified atom stereocenters. The Bertz CT molecular complexity index is 818. The molecule has 2 heterocycles. The van der Waals surface area contributed by atoms with E-state index in [-0.39, 0.29) is 11.5 Å². The van der Waals surface area contributed by atoms with E-state index in [1.807, 2.05) is 18.2 Å². The zero-order valence-corrected chi connectivity index (χ0v) is 13.8. The van der Waals surface area contributed by atoms with Gasteiger partial charge in [0, 0.05) is 17.8 Å². The SMILES string of the molecule is COC(=O)c1cc(-c2cccc(C(C)C)c2)c(=O)n2c1CCC2. The van der Waals surface area contributed by atoms with E-state index in [0.29, 0.717) is 23.6 Å². The Morgan fingerprint density at radius 2 is 2.04 bits per heavy atom. The molecule has 0 saturated carbocycles. The van der Waals surface area contributed by atoms with Gasteiger partial charge < -0.3 is 9.30 Å². The van der Waals surface area contributed by atoms with E-state index in [2.05, 4.69) is 19.9 Å². The number of carbonyl (C=O) groups excluding carboxylic acids is 1. The van der Waals surface area contributed by atoms with Crippen LogP contribution in [0.1, 0.15) is 47.8 Å². The predicted molar refractivity (Wildman–Crippen MR) is 89.9 cm³/mol. The molecule has 1 aromatic carbocycles. The van der Waals surface area contributed by atoms with Crippen LogP contribution in [0.4, 0.5) is 0 Å². The van der Waals surface area contributed by atoms with Crippen LogP contribution in [0.25, 0.3) is 11.1 Å². The van der Waals surface area contributed by atoms with Crippen molar-refractivity contribution >= 4 is 5.97 Å². The van der Waals surface area contributed by atoms with Gasteiger partial charge in [0.25, 0.3) is 5.56 Å². The largest absolute Gasteiger partial charge is 0.465 e. The Kier molecular flexibility index (Phi) is 4.07. The lowest BCUT2D eigenvalue weighted by Gasteiger charge is -2.13. The van der Waals surface area contributed by atoms with Crippen molar-refractivity contribution in [2.45, 2.75) is 39.2 Å². The molecule has 0 aliphatic carbocycles. The van der Waals surface area contributed by atoms with Gasteiger partial charge in [0.05, 0.1) is 12.7 Å². The van der Waals surface area contributed by atoms with Gasteiger partial charge in [0.1, 0.15) is 0 Å². The summed E-state index contributed by atoms with van der Waals surface area (Å²) in [5.41, 5.74) is 3.88. The number of carbonyl (C=O) groups is 1. The number of fused-ring (bicyclic) bond motifs is 1. The third kappa shape index (κ3) is 2.69. The first-order valence-corrected chi connectivity index (χ1v) is 7.98. The molecular weight excluding hydrogens is 290 g/mol. The lowest BCUT2D eigenvalue weighted by atomic mass is 9.97. The Labute approximate surface area is 135 Å². The van der Waals surface area contributed by atoms with Gasteiger partial charge in [-0.15, -0.1) is 0 Å². The second-order valence-electron chi connectivity index (χ2n) is 6.25. The molecule has 4 nitrogen and oxygen atoms in total. The molecule has 0 bridgehead atoms. The van der Waals surface area contributed by atoms with Gasteiger partial charge in [-0.1, -0.05) is 38.1 Å². The first kappa shape index (κ1) is 15.5. The van der Waals surface area contributed by atoms with E-state index in [9.17, 15) is 9.59 Å². The van der Waals surface area contributed by atoms with Crippen molar-refractivity contribution in [3.8, 4) is 11.1 Å². The third-order valence-corrected chi connectivity index (χ3v) is 4.47. The number of ether oxygens (including phenoxy) is 1. The molecule has 4 heteroatoms. The van der Waals surface area contributed by atoms with Crippen LogP contribution < -0.4 is 5.56 Å². The van der Waals surface area contributed by atoms with Gasteiger partial charge >= 0.3 is 5.97 Å². The number of hydrogen-bond acceptors (Lipinski definition) is 3. The van der Waals surface area contributed by atoms with Crippen LogP contribution in [0.2, 0.25) is 0 Å². The fourth-order valence-electron chi connectivity index (χ4n) is 3.17. The molecule has 0 saturated heterocycles. The van der Waals surface area contributed by atoms with E-state index in [4.69, 9.17) is 4.74 Å². The van der Waals surface area contributed by atoms with Crippen LogP contribution in [0.15, 0.2) is 35.1 Å². The van der Waals surface area contributed by atoms with Crippen molar-refractivity contribution in [1.82, 2.24) is 4.57 Å². The zero-order valence-electron chi connectivity index (χ0n) is 13.8. The Morgan fingerprint density at radius 3 is 2.74 bits per heavy atom. The number of pyridine rings is 1. The molecule has 0 amide bonds. The Hall–Kier alpha value is -2.36. The molecule has 1 aromatic heterocycles. The maximum absolute atomic E-state index is 12.8. The average molecular weight is 311 g/mol. The van der Waals surface area contributed by atoms with Crippen molar-refractivity contribution in [2.75, 3.05) is 7.11 Å². The maximum atomic E-state index is 12.8. The number of nitrogens with zero attached hydrogens (tertiary/aromatic N) is 1. The summed E-state index contributed by atoms with van der Waals surface area (Å²) in [5, 5.41) is 0. The summed E-state index contributed by atoms with van der Waals surface area (Å²) in [6.45, 7) is 4.90. The van der Waals surface area contributed by atoms with E-state index in [1.165, 1.54) is 12.7 Å². The van der Waals surface area contributed by atoms with Crippen LogP contribution in [-0.2, 0) is 17.7 Å². The quantitative estimate of drug-likeness (QED) is 0.817. The van der Waals surface area contributed by atoms with Gasteiger partial charge in [-0.25, -0.2) is 4.79 Å². The Morgan fingerprint density at radius 1 is 1.26 bits per heavy atom. The van der Waals surface area contributed by atoms with Gasteiger partial charge in [-0.05, 0) is 36.0 Å². The van der Waals surface area contributed by atoms with Crippen LogP contribution >= 0.6 is 0 Å². The molecule has 0 fully saturated rings. The summed E-state index contributed by atoms with van der Waals surface area (Å²) in [5.74, 6) is 0.00382. The van der Waals surface area contributed by atoms with E-state index < -0.39 is 0 Å². The van der Waals surface area contributed by atoms with Crippen molar-refractivity contribution in [3.63, 3.8) is 0 Å². The van der Waals surface area contributed by atoms with Gasteiger partial charge in [-0.3, -0.25) is 4.79 Å². The first-order chi connectivity index (χ1) is 11.0. The highest BCUT2D eigenvalue weighted by molar-refractivity contribution is 5.92. The number of methoxy groups -OCH3 is 1. The number of rotatable bonds is 3. The molecule has 23 heavy (non-hydrogen) atoms. The highest BCUT2D eigenvalue weighted by Gasteiger charge is 2.24. The topological polar surface area (TPSA) is 48.3 Å². The van der Waals surface area contributed by atoms with Crippen LogP contribution in [-0.4, -0.2) is 17.6 Å². The lowest BCUT2D eigenvalue weighted by Crippen LogP contribution is -2.24. The third-order valence-electron chi connectivity index (χ3n) is 4.47. The van der Waals surface area contributed by atoms with E-state index in [1.54, 1.807) is 10.6 Å². The molecule has 0 radical (unpaired) electrons. The molecule has 1 aliphatic rings. The minimum absolute atomic E-state index is 0.0222. The summed E-state index contributed by atoms with van der Waals surface area (Å²) in [6, 6.07) is 9.67. The second-order valence-corrected chi connectivity index (χ2v) is 6.25. The standard InChI is InChI=1S/C19H21NO3/c1-12(2)13-6-4-7-14(10-13)15-11-16(19(22)23-3)17-8-5-9-20(17)18(15)21/h4,6-7,10-12H,5,8-9H2,1-3H3. The lowest BCUT2D eigenvalue weighted by molar-refractivity contribution is 0.0598. The summed E-state index contributed by atoms with van der Waals surface area (Å²) in [6.07, 6.45) is 1.63. The highest BCUT2D eigenvalue weighted by Crippen LogP contribution is 2.26. The summed E-state index contributed by atoms with van der Waals surface area (Å²) >= 11 is 0. The van der Waals surface area contributed by atoms with E-state index in [0.717, 1.165) is 24.1 Å². The summed E-state index contributed by atoms with van der Waals surface area (Å²) < 4.78 is 6.63. The summed E-state index contributed by atoms with van der Waals surface area (Å²) in [7, 11) is 1.37. The number of aromatic nitrogens is 1. The Balaban J connectivity index is 2.22. The van der Waals surface area contributed by atoms with E-state index >= 15 is 0 Å². The first-order valence-electron chi connectivity index (χ1n) is 7.98. The molecule has 3 rings (SSSR count). The molecule has 0 N–H and O–H groups in total. The monoisotopic (exact) mass is 311 g/mol. The number of esters is 1. The second kappa shape index (κ2) is 6.03. The fraction of sp³-hybridized carbons (Fsp3) is 0.368. The minimum atomic E-state index is -0.378. The smallest absolute Gasteiger partial charge is 0.339 e. The fourth-order valence-corrected chi connectivity index (χ4v) is 3.17. The van der Waals surface area contributed by atoms with Gasteiger partial charge in [-0.2, -0.15) is 0 Å². The van der Waals surface area contributed by atoms with Crippen molar-refractivity contribution < 1.29 is 9.53 Å². The molecule has 1 aliphatic heterocycles. The molecule has 0 spiro atoms. The van der Waals surface area contributed by atoms with Crippen molar-refractivity contribution in [2.24, 2.45) is 0 Å². The van der Waals surface area contributed by atoms with Crippen LogP contribution in [0.5, 0.6) is 0 Å². The van der Waals surface area contributed by atoms with Crippen LogP contribution in [0, 0.1) is 0 Å². The van der Waals surface area contributed by atoms with Crippen LogP contribution in [0.3, 0.4) is 0 Å². The van der Waals surface area contributed by atoms with Gasteiger partial charge in [0.2, 0.25) is 0 Å². The molecule has 120 valence electrons. The zero-order chi connectivity index (χ0) is 16.6. The summed E-state index contributed by atoms with van der Waals surface area (Å²) in [4.78, 5) is 24.9. The van der Waals surface area contributed by atoms with Gasteiger partial charge in [0.15, 0.2) is 0 Å². The number of hydrogen-bond donors (Lipinski definition) is 0. The molecular formula is C19H21NO3. The van der Waals surface area contributed by atoms with Crippen molar-refractivity contribution in [3.05, 3.63) is 57.5 Å². The molecule has 0 atom stereocenters. The number of benzene rings is 1.